The summed E-state index contributed by atoms with van der Waals surface area (Å²) in [5.74, 6) is -0.501. The van der Waals surface area contributed by atoms with Crippen molar-refractivity contribution in [1.82, 2.24) is 5.32 Å². The number of nitrogens with one attached hydrogen (secondary N) is 1. The Bertz CT molecular complexity index is 1760. The molecule has 0 radical (unpaired) electrons. The predicted molar refractivity (Wildman–Crippen MR) is 378 cm³/mol. The van der Waals surface area contributed by atoms with E-state index in [4.69, 9.17) is 13.8 Å². The number of amides is 1. The van der Waals surface area contributed by atoms with E-state index < -0.39 is 20.0 Å². The van der Waals surface area contributed by atoms with Crippen molar-refractivity contribution < 1.29 is 37.3 Å². The summed E-state index contributed by atoms with van der Waals surface area (Å²) in [6.07, 6.45) is 88.8. The van der Waals surface area contributed by atoms with Gasteiger partial charge in [0.05, 0.1) is 33.8 Å². The maximum Gasteiger partial charge on any atom is 0.472 e. The first-order valence-electron chi connectivity index (χ1n) is 36.9. The van der Waals surface area contributed by atoms with Crippen LogP contribution < -0.4 is 5.32 Å². The standard InChI is InChI=1S/C77H141N2O7P/c1-7-10-13-16-19-22-25-27-29-31-33-35-37-39-41-43-45-47-49-51-54-57-60-63-66-69-76(80)78-74(73-85-87(82,83)84-72-71-79(4,5)6)75(68-65-62-59-56-53-24-21-18-15-12-9-3)86-77(81)70-67-64-61-58-55-52-50-48-46-44-42-40-38-36-34-32-30-28-26-23-20-17-14-11-8-2/h19-20,22-23,27-30,33-36,65,68,74-75H,7-18,21,24-26,31-32,37-64,66-67,69-73H2,1-6H3,(H-,78,80,82,83)/p+1/b22-19-,23-20-,29-27-,30-28-,35-33-,36-34-,68-65+. The second-order valence-electron chi connectivity index (χ2n) is 26.1. The van der Waals surface area contributed by atoms with Gasteiger partial charge in [-0.2, -0.15) is 0 Å². The highest BCUT2D eigenvalue weighted by Gasteiger charge is 2.30. The number of esters is 1. The quantitative estimate of drug-likeness (QED) is 0.0205. The first kappa shape index (κ1) is 84.2. The summed E-state index contributed by atoms with van der Waals surface area (Å²) >= 11 is 0. The number of rotatable bonds is 67. The number of carbonyl (C=O) groups is 2. The van der Waals surface area contributed by atoms with Gasteiger partial charge in [0, 0.05) is 12.8 Å². The lowest BCUT2D eigenvalue weighted by Crippen LogP contribution is -2.47. The van der Waals surface area contributed by atoms with Crippen molar-refractivity contribution in [3.05, 3.63) is 85.1 Å². The van der Waals surface area contributed by atoms with E-state index in [9.17, 15) is 19.0 Å². The van der Waals surface area contributed by atoms with E-state index in [1.165, 1.54) is 225 Å². The molecule has 0 heterocycles. The molecule has 3 atom stereocenters. The van der Waals surface area contributed by atoms with Crippen LogP contribution in [0.2, 0.25) is 0 Å². The number of carbonyl (C=O) groups excluding carboxylic acids is 2. The molecule has 0 rings (SSSR count). The Labute approximate surface area is 539 Å². The largest absolute Gasteiger partial charge is 0.472 e. The number of phosphoric acid groups is 1. The third-order valence-electron chi connectivity index (χ3n) is 16.3. The van der Waals surface area contributed by atoms with Crippen LogP contribution in [0.15, 0.2) is 85.1 Å². The molecule has 0 aromatic carbocycles. The monoisotopic (exact) mass is 1240 g/mol. The highest BCUT2D eigenvalue weighted by molar-refractivity contribution is 7.47. The summed E-state index contributed by atoms with van der Waals surface area (Å²) in [5, 5.41) is 3.07. The van der Waals surface area contributed by atoms with Crippen LogP contribution in [0.1, 0.15) is 342 Å². The molecule has 9 nitrogen and oxygen atoms in total. The summed E-state index contributed by atoms with van der Waals surface area (Å²) in [6, 6.07) is -0.854. The number of hydrogen-bond acceptors (Lipinski definition) is 6. The van der Waals surface area contributed by atoms with Crippen LogP contribution in [0.25, 0.3) is 0 Å². The van der Waals surface area contributed by atoms with Crippen LogP contribution >= 0.6 is 7.82 Å². The van der Waals surface area contributed by atoms with E-state index in [0.717, 1.165) is 83.5 Å². The lowest BCUT2D eigenvalue weighted by molar-refractivity contribution is -0.870. The first-order valence-corrected chi connectivity index (χ1v) is 38.4. The van der Waals surface area contributed by atoms with Crippen molar-refractivity contribution in [2.75, 3.05) is 40.9 Å². The van der Waals surface area contributed by atoms with Gasteiger partial charge < -0.3 is 19.4 Å². The van der Waals surface area contributed by atoms with Crippen LogP contribution in [0.4, 0.5) is 0 Å². The van der Waals surface area contributed by atoms with Gasteiger partial charge in [-0.1, -0.05) is 305 Å². The van der Waals surface area contributed by atoms with Gasteiger partial charge in [-0.15, -0.1) is 0 Å². The van der Waals surface area contributed by atoms with Crippen molar-refractivity contribution >= 4 is 19.7 Å². The van der Waals surface area contributed by atoms with Gasteiger partial charge in [0.1, 0.15) is 19.3 Å². The van der Waals surface area contributed by atoms with E-state index in [0.29, 0.717) is 17.4 Å². The minimum Gasteiger partial charge on any atom is -0.456 e. The summed E-state index contributed by atoms with van der Waals surface area (Å²) < 4.78 is 30.8. The highest BCUT2D eigenvalue weighted by Crippen LogP contribution is 2.43. The van der Waals surface area contributed by atoms with Crippen molar-refractivity contribution in [1.29, 1.82) is 0 Å². The summed E-state index contributed by atoms with van der Waals surface area (Å²) in [4.78, 5) is 37.9. The van der Waals surface area contributed by atoms with Gasteiger partial charge in [0.2, 0.25) is 5.91 Å². The lowest BCUT2D eigenvalue weighted by Gasteiger charge is -2.27. The Hall–Kier alpha value is -2.81. The minimum absolute atomic E-state index is 0.0377. The molecule has 10 heteroatoms. The van der Waals surface area contributed by atoms with Gasteiger partial charge in [-0.3, -0.25) is 18.6 Å². The molecule has 0 fully saturated rings. The van der Waals surface area contributed by atoms with E-state index in [1.54, 1.807) is 0 Å². The molecular weight excluding hydrogens is 1100 g/mol. The molecule has 0 bridgehead atoms. The molecule has 0 aliphatic carbocycles. The zero-order valence-electron chi connectivity index (χ0n) is 58.0. The fourth-order valence-corrected chi connectivity index (χ4v) is 11.3. The smallest absolute Gasteiger partial charge is 0.456 e. The number of unbranched alkanes of at least 4 members (excludes halogenated alkanes) is 39. The Morgan fingerprint density at radius 1 is 0.402 bits per heavy atom. The number of ether oxygens (including phenoxy) is 1. The second-order valence-corrected chi connectivity index (χ2v) is 27.6. The van der Waals surface area contributed by atoms with Crippen LogP contribution in [0.5, 0.6) is 0 Å². The number of nitrogens with zero attached hydrogens (tertiary/aromatic N) is 1. The second kappa shape index (κ2) is 66.1. The van der Waals surface area contributed by atoms with Gasteiger partial charge in [-0.25, -0.2) is 4.57 Å². The predicted octanol–water partition coefficient (Wildman–Crippen LogP) is 23.7. The highest BCUT2D eigenvalue weighted by atomic mass is 31.2. The van der Waals surface area contributed by atoms with Gasteiger partial charge in [0.15, 0.2) is 0 Å². The zero-order valence-corrected chi connectivity index (χ0v) is 58.9. The topological polar surface area (TPSA) is 111 Å². The average Bonchev–Trinajstić information content (AvgIpc) is 3.70. The molecule has 0 aromatic heterocycles. The molecule has 0 saturated carbocycles. The van der Waals surface area contributed by atoms with Crippen LogP contribution in [-0.4, -0.2) is 74.3 Å². The van der Waals surface area contributed by atoms with E-state index in [1.807, 2.05) is 33.3 Å². The summed E-state index contributed by atoms with van der Waals surface area (Å²) in [5.41, 5.74) is 0. The maximum atomic E-state index is 13.6. The molecule has 506 valence electrons. The van der Waals surface area contributed by atoms with Crippen LogP contribution in [0, 0.1) is 0 Å². The molecule has 3 unspecified atom stereocenters. The van der Waals surface area contributed by atoms with Crippen LogP contribution in [-0.2, 0) is 27.9 Å². The van der Waals surface area contributed by atoms with E-state index in [-0.39, 0.29) is 31.5 Å². The van der Waals surface area contributed by atoms with Crippen LogP contribution in [0.3, 0.4) is 0 Å². The number of likely N-dealkylation sites (N-methyl/N-ethyl adjacent to an activating group) is 1. The molecule has 87 heavy (non-hydrogen) atoms. The molecular formula is C77H142N2O7P+. The Morgan fingerprint density at radius 3 is 1.07 bits per heavy atom. The minimum atomic E-state index is -4.46. The number of phosphoric ester groups is 1. The Balaban J connectivity index is 4.98. The summed E-state index contributed by atoms with van der Waals surface area (Å²) in [7, 11) is 1.50. The molecule has 0 spiro atoms. The number of quaternary nitrogens is 1. The molecule has 0 aliphatic heterocycles. The average molecular weight is 1240 g/mol. The molecule has 0 aliphatic rings. The van der Waals surface area contributed by atoms with Crippen molar-refractivity contribution in [2.24, 2.45) is 0 Å². The van der Waals surface area contributed by atoms with Gasteiger partial charge in [0.25, 0.3) is 0 Å². The molecule has 2 N–H and O–H groups in total. The molecule has 0 saturated heterocycles. The van der Waals surface area contributed by atoms with Gasteiger partial charge >= 0.3 is 13.8 Å². The zero-order chi connectivity index (χ0) is 63.5. The number of allylic oxidation sites excluding steroid dienone is 13. The fraction of sp³-hybridized carbons (Fsp3) is 0.792. The van der Waals surface area contributed by atoms with E-state index >= 15 is 0 Å². The fourth-order valence-electron chi connectivity index (χ4n) is 10.6. The third kappa shape index (κ3) is 67.4. The van der Waals surface area contributed by atoms with Crippen molar-refractivity contribution in [3.63, 3.8) is 0 Å². The third-order valence-corrected chi connectivity index (χ3v) is 17.3. The van der Waals surface area contributed by atoms with E-state index in [2.05, 4.69) is 99.0 Å². The first-order chi connectivity index (χ1) is 42.4. The maximum absolute atomic E-state index is 13.6. The van der Waals surface area contributed by atoms with Crippen molar-refractivity contribution in [3.8, 4) is 0 Å². The Morgan fingerprint density at radius 2 is 0.701 bits per heavy atom. The van der Waals surface area contributed by atoms with Gasteiger partial charge in [-0.05, 0) is 109 Å². The number of hydrogen-bond donors (Lipinski definition) is 2. The lowest BCUT2D eigenvalue weighted by atomic mass is 10.0. The molecule has 1 amide bonds. The Kier molecular flexibility index (Phi) is 64.0. The SMILES string of the molecule is CCCCC/C=C\C/C=C\C/C=C\CCCCCCCCCCCCCCC(=O)NC(COP(=O)(O)OCC[N+](C)(C)C)C(/C=C/CCCCCCCCCCC)OC(=O)CCCCCCCCCCCCCC/C=C\C/C=C\C/C=C\CCCCC. The van der Waals surface area contributed by atoms with Crippen molar-refractivity contribution in [2.45, 2.75) is 354 Å². The normalized spacial score (nSPS) is 14.0. The summed E-state index contributed by atoms with van der Waals surface area (Å²) in [6.45, 7) is 6.98. The molecule has 0 aromatic rings.